The fraction of sp³-hybridized carbons (Fsp3) is 0.100. The molecule has 0 spiro atoms. The first-order chi connectivity index (χ1) is 7.08. The second-order valence-electron chi connectivity index (χ2n) is 3.10. The summed E-state index contributed by atoms with van der Waals surface area (Å²) < 4.78 is 6.29. The summed E-state index contributed by atoms with van der Waals surface area (Å²) in [5, 5.41) is 11.8. The molecule has 1 aromatic heterocycles. The predicted molar refractivity (Wildman–Crippen MR) is 60.3 cm³/mol. The van der Waals surface area contributed by atoms with E-state index in [9.17, 15) is 4.79 Å². The molecule has 0 fully saturated rings. The van der Waals surface area contributed by atoms with Crippen molar-refractivity contribution in [3.05, 3.63) is 28.4 Å². The van der Waals surface area contributed by atoms with Gasteiger partial charge in [0.2, 0.25) is 0 Å². The molecule has 4 nitrogen and oxygen atoms in total. The molecule has 0 unspecified atom stereocenters. The number of hydrogen-bond donors (Lipinski definition) is 2. The van der Waals surface area contributed by atoms with E-state index in [-0.39, 0.29) is 0 Å². The highest BCUT2D eigenvalue weighted by atomic mass is 79.9. The number of benzene rings is 1. The maximum Gasteiger partial charge on any atom is 0.409 e. The number of rotatable bonds is 1. The molecule has 5 heteroatoms. The zero-order valence-corrected chi connectivity index (χ0v) is 9.46. The van der Waals surface area contributed by atoms with E-state index in [4.69, 9.17) is 9.52 Å². The number of carbonyl (C=O) groups is 1. The van der Waals surface area contributed by atoms with Crippen molar-refractivity contribution >= 4 is 38.7 Å². The average molecular weight is 270 g/mol. The Bertz CT molecular complexity index is 533. The number of nitrogens with one attached hydrogen (secondary N) is 1. The second kappa shape index (κ2) is 3.58. The molecular formula is C10H8BrNO3. The van der Waals surface area contributed by atoms with E-state index < -0.39 is 6.09 Å². The van der Waals surface area contributed by atoms with E-state index in [0.717, 1.165) is 9.86 Å². The molecule has 1 aromatic carbocycles. The minimum Gasteiger partial charge on any atom is -0.465 e. The van der Waals surface area contributed by atoms with Crippen LogP contribution in [-0.2, 0) is 0 Å². The molecule has 78 valence electrons. The van der Waals surface area contributed by atoms with Gasteiger partial charge in [0.05, 0.1) is 5.69 Å². The van der Waals surface area contributed by atoms with Crippen molar-refractivity contribution in [2.45, 2.75) is 6.92 Å². The third kappa shape index (κ3) is 1.83. The van der Waals surface area contributed by atoms with Crippen LogP contribution in [0.3, 0.4) is 0 Å². The van der Waals surface area contributed by atoms with Crippen LogP contribution in [0.5, 0.6) is 0 Å². The SMILES string of the molecule is Cc1oc2ccc(Br)cc2c1NC(=O)O. The number of anilines is 1. The Morgan fingerprint density at radius 1 is 1.53 bits per heavy atom. The summed E-state index contributed by atoms with van der Waals surface area (Å²) in [6, 6.07) is 5.45. The molecule has 0 aliphatic heterocycles. The number of halogens is 1. The zero-order chi connectivity index (χ0) is 11.0. The van der Waals surface area contributed by atoms with Crippen LogP contribution in [0.25, 0.3) is 11.0 Å². The van der Waals surface area contributed by atoms with Gasteiger partial charge in [-0.25, -0.2) is 4.79 Å². The quantitative estimate of drug-likeness (QED) is 0.832. The number of amides is 1. The minimum absolute atomic E-state index is 0.499. The van der Waals surface area contributed by atoms with Crippen LogP contribution in [0.2, 0.25) is 0 Å². The third-order valence-electron chi connectivity index (χ3n) is 2.06. The molecule has 1 heterocycles. The first-order valence-electron chi connectivity index (χ1n) is 4.26. The van der Waals surface area contributed by atoms with Crippen molar-refractivity contribution in [3.63, 3.8) is 0 Å². The topological polar surface area (TPSA) is 62.5 Å². The van der Waals surface area contributed by atoms with Crippen LogP contribution in [0.4, 0.5) is 10.5 Å². The normalized spacial score (nSPS) is 10.5. The summed E-state index contributed by atoms with van der Waals surface area (Å²) in [7, 11) is 0. The van der Waals surface area contributed by atoms with Gasteiger partial charge in [0, 0.05) is 9.86 Å². The van der Waals surface area contributed by atoms with Crippen LogP contribution in [-0.4, -0.2) is 11.2 Å². The highest BCUT2D eigenvalue weighted by Gasteiger charge is 2.12. The molecule has 1 amide bonds. The molecule has 15 heavy (non-hydrogen) atoms. The summed E-state index contributed by atoms with van der Waals surface area (Å²) in [6.07, 6.45) is -1.10. The van der Waals surface area contributed by atoms with Crippen LogP contribution in [0.1, 0.15) is 5.76 Å². The average Bonchev–Trinajstić information content (AvgIpc) is 2.43. The van der Waals surface area contributed by atoms with Crippen molar-refractivity contribution < 1.29 is 14.3 Å². The van der Waals surface area contributed by atoms with Crippen LogP contribution in [0.15, 0.2) is 27.1 Å². The van der Waals surface area contributed by atoms with Crippen LogP contribution >= 0.6 is 15.9 Å². The highest BCUT2D eigenvalue weighted by Crippen LogP contribution is 2.32. The lowest BCUT2D eigenvalue weighted by molar-refractivity contribution is 0.209. The lowest BCUT2D eigenvalue weighted by atomic mass is 10.2. The predicted octanol–water partition coefficient (Wildman–Crippen LogP) is 3.59. The van der Waals surface area contributed by atoms with Gasteiger partial charge in [-0.3, -0.25) is 5.32 Å². The van der Waals surface area contributed by atoms with E-state index in [0.29, 0.717) is 17.0 Å². The van der Waals surface area contributed by atoms with Gasteiger partial charge in [-0.15, -0.1) is 0 Å². The Kier molecular flexibility index (Phi) is 2.40. The summed E-state index contributed by atoms with van der Waals surface area (Å²) >= 11 is 3.33. The van der Waals surface area contributed by atoms with Gasteiger partial charge in [-0.2, -0.15) is 0 Å². The van der Waals surface area contributed by atoms with Crippen molar-refractivity contribution in [1.29, 1.82) is 0 Å². The first-order valence-corrected chi connectivity index (χ1v) is 5.06. The second-order valence-corrected chi connectivity index (χ2v) is 4.02. The van der Waals surface area contributed by atoms with E-state index in [1.807, 2.05) is 12.1 Å². The Labute approximate surface area is 94.0 Å². The van der Waals surface area contributed by atoms with Gasteiger partial charge in [0.1, 0.15) is 11.3 Å². The number of hydrogen-bond acceptors (Lipinski definition) is 2. The Morgan fingerprint density at radius 3 is 2.93 bits per heavy atom. The lowest BCUT2D eigenvalue weighted by Gasteiger charge is -1.98. The lowest BCUT2D eigenvalue weighted by Crippen LogP contribution is -2.07. The first kappa shape index (κ1) is 10.0. The largest absolute Gasteiger partial charge is 0.465 e. The number of aryl methyl sites for hydroxylation is 1. The summed E-state index contributed by atoms with van der Waals surface area (Å²) in [5.74, 6) is 0.561. The highest BCUT2D eigenvalue weighted by molar-refractivity contribution is 9.10. The molecule has 0 saturated heterocycles. The maximum absolute atomic E-state index is 10.6. The Balaban J connectivity index is 2.65. The van der Waals surface area contributed by atoms with E-state index >= 15 is 0 Å². The van der Waals surface area contributed by atoms with Crippen molar-refractivity contribution in [2.75, 3.05) is 5.32 Å². The number of furan rings is 1. The molecule has 0 radical (unpaired) electrons. The van der Waals surface area contributed by atoms with Gasteiger partial charge in [0.25, 0.3) is 0 Å². The number of carboxylic acid groups (broad SMARTS) is 1. The van der Waals surface area contributed by atoms with Gasteiger partial charge in [-0.1, -0.05) is 15.9 Å². The number of fused-ring (bicyclic) bond motifs is 1. The summed E-state index contributed by atoms with van der Waals surface area (Å²) in [6.45, 7) is 1.72. The Morgan fingerprint density at radius 2 is 2.27 bits per heavy atom. The molecular weight excluding hydrogens is 262 g/mol. The molecule has 0 aliphatic rings. The van der Waals surface area contributed by atoms with Crippen molar-refractivity contribution in [2.24, 2.45) is 0 Å². The molecule has 0 atom stereocenters. The zero-order valence-electron chi connectivity index (χ0n) is 7.87. The van der Waals surface area contributed by atoms with Crippen LogP contribution in [0, 0.1) is 6.92 Å². The monoisotopic (exact) mass is 269 g/mol. The van der Waals surface area contributed by atoms with Gasteiger partial charge < -0.3 is 9.52 Å². The van der Waals surface area contributed by atoms with E-state index in [2.05, 4.69) is 21.2 Å². The Hall–Kier alpha value is -1.49. The van der Waals surface area contributed by atoms with Crippen molar-refractivity contribution in [1.82, 2.24) is 0 Å². The molecule has 0 aliphatic carbocycles. The summed E-state index contributed by atoms with van der Waals surface area (Å²) in [4.78, 5) is 10.6. The molecule has 2 rings (SSSR count). The van der Waals surface area contributed by atoms with Gasteiger partial charge in [0.15, 0.2) is 0 Å². The standard InChI is InChI=1S/C10H8BrNO3/c1-5-9(12-10(13)14)7-4-6(11)2-3-8(7)15-5/h2-4,12H,1H3,(H,13,14). The molecule has 2 N–H and O–H groups in total. The fourth-order valence-electron chi connectivity index (χ4n) is 1.45. The summed E-state index contributed by atoms with van der Waals surface area (Å²) in [5.41, 5.74) is 1.17. The molecule has 0 saturated carbocycles. The third-order valence-corrected chi connectivity index (χ3v) is 2.55. The van der Waals surface area contributed by atoms with E-state index in [1.165, 1.54) is 0 Å². The molecule has 0 bridgehead atoms. The molecule has 2 aromatic rings. The van der Waals surface area contributed by atoms with Crippen molar-refractivity contribution in [3.8, 4) is 0 Å². The maximum atomic E-state index is 10.6. The van der Waals surface area contributed by atoms with E-state index in [1.54, 1.807) is 13.0 Å². The fourth-order valence-corrected chi connectivity index (χ4v) is 1.82. The van der Waals surface area contributed by atoms with Gasteiger partial charge in [-0.05, 0) is 25.1 Å². The minimum atomic E-state index is -1.10. The van der Waals surface area contributed by atoms with Crippen LogP contribution < -0.4 is 5.32 Å². The smallest absolute Gasteiger partial charge is 0.409 e. The van der Waals surface area contributed by atoms with Gasteiger partial charge >= 0.3 is 6.09 Å².